The Morgan fingerprint density at radius 3 is 2.32 bits per heavy atom. The summed E-state index contributed by atoms with van der Waals surface area (Å²) in [7, 11) is 3.33. The van der Waals surface area contributed by atoms with Crippen molar-refractivity contribution in [1.82, 2.24) is 25.1 Å². The van der Waals surface area contributed by atoms with E-state index in [0.29, 0.717) is 19.5 Å². The molecule has 0 bridgehead atoms. The van der Waals surface area contributed by atoms with Crippen LogP contribution >= 0.6 is 0 Å². The Morgan fingerprint density at radius 2 is 1.63 bits per heavy atom. The first-order chi connectivity index (χ1) is 19.8. The number of urea groups is 1. The van der Waals surface area contributed by atoms with Crippen molar-refractivity contribution in [3.8, 4) is 11.5 Å². The Kier molecular flexibility index (Phi) is 8.39. The Labute approximate surface area is 239 Å². The number of amides is 4. The second kappa shape index (κ2) is 12.3. The van der Waals surface area contributed by atoms with Gasteiger partial charge in [-0.05, 0) is 47.4 Å². The molecule has 2 heterocycles. The summed E-state index contributed by atoms with van der Waals surface area (Å²) < 4.78 is 5.25. The number of hydrogen-bond acceptors (Lipinski definition) is 6. The zero-order chi connectivity index (χ0) is 28.9. The minimum Gasteiger partial charge on any atom is -0.508 e. The Balaban J connectivity index is 1.41. The normalized spacial score (nSPS) is 19.2. The summed E-state index contributed by atoms with van der Waals surface area (Å²) in [5, 5.41) is 15.9. The molecule has 2 aliphatic heterocycles. The van der Waals surface area contributed by atoms with E-state index in [1.165, 1.54) is 0 Å². The zero-order valence-corrected chi connectivity index (χ0v) is 23.3. The number of aromatic hydroxyl groups is 1. The minimum absolute atomic E-state index is 0.0273. The van der Waals surface area contributed by atoms with Crippen LogP contribution in [0.2, 0.25) is 0 Å². The Bertz CT molecular complexity index is 1370. The smallest absolute Gasteiger partial charge is 0.334 e. The van der Waals surface area contributed by atoms with Gasteiger partial charge in [0.05, 0.1) is 20.2 Å². The molecule has 3 aromatic rings. The number of hydrazine groups is 1. The number of likely N-dealkylation sites (N-methyl/N-ethyl adjacent to an activating group) is 1. The fourth-order valence-corrected chi connectivity index (χ4v) is 5.47. The van der Waals surface area contributed by atoms with E-state index >= 15 is 0 Å². The molecular weight excluding hydrogens is 522 g/mol. The number of phenolic OH excluding ortho intramolecular Hbond substituents is 1. The highest BCUT2D eigenvalue weighted by Crippen LogP contribution is 2.28. The predicted octanol–water partition coefficient (Wildman–Crippen LogP) is 2.62. The van der Waals surface area contributed by atoms with Crippen molar-refractivity contribution in [3.63, 3.8) is 0 Å². The molecular formula is C31H35N5O5. The first kappa shape index (κ1) is 28.0. The molecule has 0 unspecified atom stereocenters. The Hall–Kier alpha value is -4.57. The highest BCUT2D eigenvalue weighted by atomic mass is 16.5. The summed E-state index contributed by atoms with van der Waals surface area (Å²) in [5.74, 6) is 0.509. The molecule has 2 atom stereocenters. The van der Waals surface area contributed by atoms with E-state index in [4.69, 9.17) is 4.74 Å². The quantitative estimate of drug-likeness (QED) is 0.441. The number of rotatable bonds is 8. The molecule has 3 aromatic carbocycles. The van der Waals surface area contributed by atoms with E-state index in [2.05, 4.69) is 5.32 Å². The van der Waals surface area contributed by atoms with E-state index < -0.39 is 12.2 Å². The van der Waals surface area contributed by atoms with Crippen LogP contribution in [-0.4, -0.2) is 88.8 Å². The third kappa shape index (κ3) is 6.28. The van der Waals surface area contributed by atoms with Crippen molar-refractivity contribution >= 4 is 17.8 Å². The average molecular weight is 558 g/mol. The second-order valence-electron chi connectivity index (χ2n) is 10.4. The van der Waals surface area contributed by atoms with Crippen molar-refractivity contribution in [3.05, 3.63) is 95.6 Å². The summed E-state index contributed by atoms with van der Waals surface area (Å²) in [4.78, 5) is 44.2. The predicted molar refractivity (Wildman–Crippen MR) is 153 cm³/mol. The van der Waals surface area contributed by atoms with Gasteiger partial charge in [0.2, 0.25) is 11.8 Å². The third-order valence-electron chi connectivity index (χ3n) is 7.63. The number of piperazine rings is 1. The van der Waals surface area contributed by atoms with Gasteiger partial charge in [0, 0.05) is 26.6 Å². The number of phenols is 1. The molecule has 0 saturated carbocycles. The van der Waals surface area contributed by atoms with Gasteiger partial charge in [0.1, 0.15) is 23.7 Å². The van der Waals surface area contributed by atoms with Gasteiger partial charge < -0.3 is 25.0 Å². The number of nitrogens with zero attached hydrogens (tertiary/aromatic N) is 4. The number of hydrogen-bond donors (Lipinski definition) is 2. The standard InChI is InChI=1S/C31H35N5O5/c1-33-21-29(38)35-27(18-23-8-12-25(37)13-9-23)30(39)34(17-16-22-10-14-26(41-2)15-11-22)20-28(35)36(33)31(40)32-19-24-6-4-3-5-7-24/h3-15,27-28,37H,16-21H2,1-2H3,(H,32,40)/t27-,28-/m0/s1. The van der Waals surface area contributed by atoms with Crippen molar-refractivity contribution < 1.29 is 24.2 Å². The lowest BCUT2D eigenvalue weighted by atomic mass is 9.98. The van der Waals surface area contributed by atoms with Crippen LogP contribution < -0.4 is 10.1 Å². The highest BCUT2D eigenvalue weighted by Gasteiger charge is 2.50. The molecule has 4 amide bonds. The fourth-order valence-electron chi connectivity index (χ4n) is 5.47. The summed E-state index contributed by atoms with van der Waals surface area (Å²) >= 11 is 0. The first-order valence-corrected chi connectivity index (χ1v) is 13.7. The van der Waals surface area contributed by atoms with Crippen LogP contribution in [0.15, 0.2) is 78.9 Å². The Morgan fingerprint density at radius 1 is 0.951 bits per heavy atom. The van der Waals surface area contributed by atoms with Crippen LogP contribution in [0.4, 0.5) is 4.79 Å². The molecule has 0 spiro atoms. The monoisotopic (exact) mass is 557 g/mol. The van der Waals surface area contributed by atoms with Crippen LogP contribution in [0.1, 0.15) is 16.7 Å². The van der Waals surface area contributed by atoms with Crippen LogP contribution in [0, 0.1) is 0 Å². The summed E-state index contributed by atoms with van der Waals surface area (Å²) in [6.45, 7) is 0.928. The maximum absolute atomic E-state index is 13.9. The van der Waals surface area contributed by atoms with E-state index in [1.54, 1.807) is 58.2 Å². The number of nitrogens with one attached hydrogen (secondary N) is 1. The lowest BCUT2D eigenvalue weighted by Crippen LogP contribution is -2.76. The number of benzene rings is 3. The average Bonchev–Trinajstić information content (AvgIpc) is 2.98. The molecule has 2 N–H and O–H groups in total. The van der Waals surface area contributed by atoms with E-state index in [0.717, 1.165) is 22.4 Å². The summed E-state index contributed by atoms with van der Waals surface area (Å²) in [6, 6.07) is 22.8. The number of methoxy groups -OCH3 is 1. The molecule has 0 aromatic heterocycles. The lowest BCUT2D eigenvalue weighted by molar-refractivity contribution is -0.186. The fraction of sp³-hybridized carbons (Fsp3) is 0.323. The van der Waals surface area contributed by atoms with Crippen LogP contribution in [-0.2, 0) is 29.0 Å². The van der Waals surface area contributed by atoms with Gasteiger partial charge in [-0.1, -0.05) is 54.6 Å². The molecule has 0 aliphatic carbocycles. The van der Waals surface area contributed by atoms with Crippen molar-refractivity contribution in [2.75, 3.05) is 33.8 Å². The highest BCUT2D eigenvalue weighted by molar-refractivity contribution is 5.91. The summed E-state index contributed by atoms with van der Waals surface area (Å²) in [5.41, 5.74) is 2.81. The van der Waals surface area contributed by atoms with Gasteiger partial charge >= 0.3 is 6.03 Å². The summed E-state index contributed by atoms with van der Waals surface area (Å²) in [6.07, 6.45) is 0.204. The molecule has 2 saturated heterocycles. The molecule has 0 radical (unpaired) electrons. The minimum atomic E-state index is -0.792. The third-order valence-corrected chi connectivity index (χ3v) is 7.63. The zero-order valence-electron chi connectivity index (χ0n) is 23.3. The van der Waals surface area contributed by atoms with Gasteiger partial charge in [-0.2, -0.15) is 0 Å². The SMILES string of the molecule is COc1ccc(CCN2C[C@H]3N(C(=O)CN(C)N3C(=O)NCc3ccccc3)[C@@H](Cc3ccc(O)cc3)C2=O)cc1. The number of carbonyl (C=O) groups excluding carboxylic acids is 3. The second-order valence-corrected chi connectivity index (χ2v) is 10.4. The first-order valence-electron chi connectivity index (χ1n) is 13.7. The number of carbonyl (C=O) groups is 3. The number of ether oxygens (including phenoxy) is 1. The van der Waals surface area contributed by atoms with E-state index in [9.17, 15) is 19.5 Å². The van der Waals surface area contributed by atoms with Crippen LogP contribution in [0.3, 0.4) is 0 Å². The maximum atomic E-state index is 13.9. The lowest BCUT2D eigenvalue weighted by Gasteiger charge is -2.54. The molecule has 5 rings (SSSR count). The molecule has 2 aliphatic rings. The molecule has 10 nitrogen and oxygen atoms in total. The van der Waals surface area contributed by atoms with E-state index in [-0.39, 0.29) is 43.1 Å². The van der Waals surface area contributed by atoms with Crippen molar-refractivity contribution in [1.29, 1.82) is 0 Å². The molecule has 214 valence electrons. The molecule has 10 heteroatoms. The van der Waals surface area contributed by atoms with Gasteiger partial charge in [0.25, 0.3) is 0 Å². The van der Waals surface area contributed by atoms with Gasteiger partial charge in [-0.3, -0.25) is 9.59 Å². The molecule has 2 fully saturated rings. The largest absolute Gasteiger partial charge is 0.508 e. The van der Waals surface area contributed by atoms with E-state index in [1.807, 2.05) is 54.6 Å². The van der Waals surface area contributed by atoms with Crippen molar-refractivity contribution in [2.45, 2.75) is 31.6 Å². The maximum Gasteiger partial charge on any atom is 0.334 e. The van der Waals surface area contributed by atoms with Crippen LogP contribution in [0.5, 0.6) is 11.5 Å². The van der Waals surface area contributed by atoms with Crippen LogP contribution in [0.25, 0.3) is 0 Å². The van der Waals surface area contributed by atoms with Gasteiger partial charge in [-0.25, -0.2) is 14.8 Å². The topological polar surface area (TPSA) is 106 Å². The number of fused-ring (bicyclic) bond motifs is 1. The van der Waals surface area contributed by atoms with Crippen molar-refractivity contribution in [2.24, 2.45) is 0 Å². The van der Waals surface area contributed by atoms with Gasteiger partial charge in [-0.15, -0.1) is 0 Å². The molecule has 41 heavy (non-hydrogen) atoms. The van der Waals surface area contributed by atoms with Gasteiger partial charge in [0.15, 0.2) is 0 Å².